The zero-order valence-corrected chi connectivity index (χ0v) is 11.3. The molecule has 5 nitrogen and oxygen atoms in total. The third kappa shape index (κ3) is 2.55. The lowest BCUT2D eigenvalue weighted by atomic mass is 10.1. The molecule has 1 unspecified atom stereocenters. The SMILES string of the molecule is NCC1CN(CCc2c[nH]c3ccccc23)C(=O)CO1. The van der Waals surface area contributed by atoms with Crippen molar-refractivity contribution in [2.75, 3.05) is 26.2 Å². The molecule has 1 aliphatic rings. The number of aromatic nitrogens is 1. The highest BCUT2D eigenvalue weighted by Crippen LogP contribution is 2.18. The van der Waals surface area contributed by atoms with Gasteiger partial charge in [-0.05, 0) is 18.1 Å². The number of ether oxygens (including phenoxy) is 1. The summed E-state index contributed by atoms with van der Waals surface area (Å²) in [6.45, 7) is 1.91. The summed E-state index contributed by atoms with van der Waals surface area (Å²) in [7, 11) is 0. The summed E-state index contributed by atoms with van der Waals surface area (Å²) in [6, 6.07) is 8.21. The van der Waals surface area contributed by atoms with Crippen molar-refractivity contribution in [1.82, 2.24) is 9.88 Å². The van der Waals surface area contributed by atoms with Crippen LogP contribution in [0.25, 0.3) is 10.9 Å². The van der Waals surface area contributed by atoms with Crippen molar-refractivity contribution in [2.24, 2.45) is 5.73 Å². The second kappa shape index (κ2) is 5.64. The molecule has 0 aliphatic carbocycles. The van der Waals surface area contributed by atoms with Crippen LogP contribution in [0.1, 0.15) is 5.56 Å². The molecule has 3 N–H and O–H groups in total. The number of carbonyl (C=O) groups is 1. The van der Waals surface area contributed by atoms with Crippen molar-refractivity contribution in [3.8, 4) is 0 Å². The van der Waals surface area contributed by atoms with Gasteiger partial charge in [-0.15, -0.1) is 0 Å². The molecule has 2 aromatic rings. The van der Waals surface area contributed by atoms with Crippen molar-refractivity contribution >= 4 is 16.8 Å². The lowest BCUT2D eigenvalue weighted by Crippen LogP contribution is -2.49. The number of amides is 1. The molecule has 0 saturated carbocycles. The van der Waals surface area contributed by atoms with Gasteiger partial charge in [-0.2, -0.15) is 0 Å². The highest BCUT2D eigenvalue weighted by Gasteiger charge is 2.25. The summed E-state index contributed by atoms with van der Waals surface area (Å²) in [5.41, 5.74) is 7.98. The van der Waals surface area contributed by atoms with Crippen LogP contribution in [-0.2, 0) is 16.0 Å². The van der Waals surface area contributed by atoms with Gasteiger partial charge in [0.15, 0.2) is 0 Å². The molecule has 1 atom stereocenters. The first kappa shape index (κ1) is 13.1. The van der Waals surface area contributed by atoms with Crippen LogP contribution in [0.3, 0.4) is 0 Å². The largest absolute Gasteiger partial charge is 0.365 e. The second-order valence-electron chi connectivity index (χ2n) is 5.12. The van der Waals surface area contributed by atoms with E-state index in [1.165, 1.54) is 10.9 Å². The maximum Gasteiger partial charge on any atom is 0.248 e. The Morgan fingerprint density at radius 1 is 1.40 bits per heavy atom. The summed E-state index contributed by atoms with van der Waals surface area (Å²) in [4.78, 5) is 16.9. The van der Waals surface area contributed by atoms with E-state index >= 15 is 0 Å². The van der Waals surface area contributed by atoms with Crippen LogP contribution < -0.4 is 5.73 Å². The Labute approximate surface area is 117 Å². The first-order valence-corrected chi connectivity index (χ1v) is 6.92. The summed E-state index contributed by atoms with van der Waals surface area (Å²) in [5, 5.41) is 1.23. The highest BCUT2D eigenvalue weighted by atomic mass is 16.5. The van der Waals surface area contributed by atoms with Crippen LogP contribution >= 0.6 is 0 Å². The third-order valence-corrected chi connectivity index (χ3v) is 3.81. The number of nitrogens with one attached hydrogen (secondary N) is 1. The van der Waals surface area contributed by atoms with Gasteiger partial charge in [0.2, 0.25) is 5.91 Å². The van der Waals surface area contributed by atoms with Gasteiger partial charge in [-0.3, -0.25) is 4.79 Å². The molecule has 0 radical (unpaired) electrons. The minimum absolute atomic E-state index is 0.0318. The number of nitrogens with two attached hydrogens (primary N) is 1. The Hall–Kier alpha value is -1.85. The van der Waals surface area contributed by atoms with Gasteiger partial charge in [-0.1, -0.05) is 18.2 Å². The highest BCUT2D eigenvalue weighted by molar-refractivity contribution is 5.83. The number of H-pyrrole nitrogens is 1. The van der Waals surface area contributed by atoms with Gasteiger partial charge >= 0.3 is 0 Å². The van der Waals surface area contributed by atoms with Crippen LogP contribution in [0.4, 0.5) is 0 Å². The monoisotopic (exact) mass is 273 g/mol. The van der Waals surface area contributed by atoms with Crippen molar-refractivity contribution < 1.29 is 9.53 Å². The molecule has 1 aromatic carbocycles. The summed E-state index contributed by atoms with van der Waals surface area (Å²) < 4.78 is 5.35. The lowest BCUT2D eigenvalue weighted by Gasteiger charge is -2.32. The molecule has 5 heteroatoms. The van der Waals surface area contributed by atoms with E-state index < -0.39 is 0 Å². The molecule has 1 fully saturated rings. The zero-order valence-electron chi connectivity index (χ0n) is 11.3. The van der Waals surface area contributed by atoms with E-state index in [0.717, 1.165) is 11.9 Å². The van der Waals surface area contributed by atoms with E-state index in [4.69, 9.17) is 10.5 Å². The van der Waals surface area contributed by atoms with E-state index in [1.807, 2.05) is 23.2 Å². The van der Waals surface area contributed by atoms with Gasteiger partial charge in [0.05, 0.1) is 6.10 Å². The second-order valence-corrected chi connectivity index (χ2v) is 5.12. The number of carbonyl (C=O) groups excluding carboxylic acids is 1. The zero-order chi connectivity index (χ0) is 13.9. The van der Waals surface area contributed by atoms with E-state index in [1.54, 1.807) is 0 Å². The van der Waals surface area contributed by atoms with E-state index in [2.05, 4.69) is 17.1 Å². The maximum atomic E-state index is 11.8. The van der Waals surface area contributed by atoms with Crippen LogP contribution in [0.2, 0.25) is 0 Å². The molecule has 1 amide bonds. The molecule has 0 spiro atoms. The summed E-state index contributed by atoms with van der Waals surface area (Å²) in [6.07, 6.45) is 2.83. The number of hydrogen-bond donors (Lipinski definition) is 2. The number of fused-ring (bicyclic) bond motifs is 1. The van der Waals surface area contributed by atoms with Crippen molar-refractivity contribution in [3.63, 3.8) is 0 Å². The number of para-hydroxylation sites is 1. The fourth-order valence-electron chi connectivity index (χ4n) is 2.63. The van der Waals surface area contributed by atoms with Gasteiger partial charge in [0.1, 0.15) is 6.61 Å². The summed E-state index contributed by atoms with van der Waals surface area (Å²) in [5.74, 6) is 0.0505. The number of rotatable bonds is 4. The first-order chi connectivity index (χ1) is 9.78. The quantitative estimate of drug-likeness (QED) is 0.869. The normalized spacial score (nSPS) is 19.8. The molecule has 1 aliphatic heterocycles. The fraction of sp³-hybridized carbons (Fsp3) is 0.400. The third-order valence-electron chi connectivity index (χ3n) is 3.81. The van der Waals surface area contributed by atoms with Gasteiger partial charge < -0.3 is 20.4 Å². The van der Waals surface area contributed by atoms with E-state index in [-0.39, 0.29) is 18.6 Å². The summed E-state index contributed by atoms with van der Waals surface area (Å²) >= 11 is 0. The number of hydrogen-bond acceptors (Lipinski definition) is 3. The molecule has 106 valence electrons. The van der Waals surface area contributed by atoms with Gasteiger partial charge in [0, 0.05) is 36.7 Å². The first-order valence-electron chi connectivity index (χ1n) is 6.92. The van der Waals surface area contributed by atoms with E-state index in [0.29, 0.717) is 19.6 Å². The smallest absolute Gasteiger partial charge is 0.248 e. The lowest BCUT2D eigenvalue weighted by molar-refractivity contribution is -0.148. The van der Waals surface area contributed by atoms with Gasteiger partial charge in [0.25, 0.3) is 0 Å². The Morgan fingerprint density at radius 2 is 2.25 bits per heavy atom. The Morgan fingerprint density at radius 3 is 3.10 bits per heavy atom. The molecular formula is C15H19N3O2. The van der Waals surface area contributed by atoms with Crippen molar-refractivity contribution in [1.29, 1.82) is 0 Å². The Kier molecular flexibility index (Phi) is 3.71. The Balaban J connectivity index is 1.68. The molecule has 20 heavy (non-hydrogen) atoms. The fourth-order valence-corrected chi connectivity index (χ4v) is 2.63. The number of aromatic amines is 1. The molecule has 2 heterocycles. The van der Waals surface area contributed by atoms with Crippen LogP contribution in [-0.4, -0.2) is 48.1 Å². The van der Waals surface area contributed by atoms with Crippen molar-refractivity contribution in [2.45, 2.75) is 12.5 Å². The number of morpholine rings is 1. The van der Waals surface area contributed by atoms with Crippen LogP contribution in [0.15, 0.2) is 30.5 Å². The average molecular weight is 273 g/mol. The Bertz CT molecular complexity index is 608. The molecule has 0 bridgehead atoms. The number of nitrogens with zero attached hydrogens (tertiary/aromatic N) is 1. The molecule has 1 saturated heterocycles. The van der Waals surface area contributed by atoms with Crippen LogP contribution in [0, 0.1) is 0 Å². The topological polar surface area (TPSA) is 71.3 Å². The van der Waals surface area contributed by atoms with Crippen LogP contribution in [0.5, 0.6) is 0 Å². The predicted molar refractivity (Wildman–Crippen MR) is 77.4 cm³/mol. The number of benzene rings is 1. The molecule has 1 aromatic heterocycles. The molecular weight excluding hydrogens is 254 g/mol. The van der Waals surface area contributed by atoms with Crippen molar-refractivity contribution in [3.05, 3.63) is 36.0 Å². The molecule has 3 rings (SSSR count). The predicted octanol–water partition coefficient (Wildman–Crippen LogP) is 0.896. The minimum atomic E-state index is -0.0318. The minimum Gasteiger partial charge on any atom is -0.365 e. The standard InChI is InChI=1S/C15H19N3O2/c16-7-12-9-18(15(19)10-20-12)6-5-11-8-17-14-4-2-1-3-13(11)14/h1-4,8,12,17H,5-7,9-10,16H2. The van der Waals surface area contributed by atoms with E-state index in [9.17, 15) is 4.79 Å². The maximum absolute atomic E-state index is 11.8. The van der Waals surface area contributed by atoms with Gasteiger partial charge in [-0.25, -0.2) is 0 Å². The average Bonchev–Trinajstić information content (AvgIpc) is 2.90.